The molecule has 0 aromatic heterocycles. The Bertz CT molecular complexity index is 928. The number of ether oxygens (including phenoxy) is 4. The first-order chi connectivity index (χ1) is 13.6. The monoisotopic (exact) mass is 422 g/mol. The quantitative estimate of drug-likeness (QED) is 0.690. The summed E-state index contributed by atoms with van der Waals surface area (Å²) in [5.74, 6) is -0.782. The van der Waals surface area contributed by atoms with E-state index in [0.717, 1.165) is 31.9 Å². The highest BCUT2D eigenvalue weighted by Gasteiger charge is 2.45. The maximum atomic E-state index is 12.6. The molecule has 0 N–H and O–H groups in total. The molecule has 0 unspecified atom stereocenters. The Labute approximate surface area is 170 Å². The van der Waals surface area contributed by atoms with Crippen molar-refractivity contribution in [1.29, 1.82) is 0 Å². The molecule has 0 atom stereocenters. The average molecular weight is 422 g/mol. The summed E-state index contributed by atoms with van der Waals surface area (Å²) in [7, 11) is -3.30. The normalized spacial score (nSPS) is 24.2. The van der Waals surface area contributed by atoms with Crippen molar-refractivity contribution in [3.63, 3.8) is 0 Å². The van der Waals surface area contributed by atoms with Crippen LogP contribution in [0.2, 0.25) is 0 Å². The molecule has 2 fully saturated rings. The summed E-state index contributed by atoms with van der Waals surface area (Å²) < 4.78 is 46.7. The van der Waals surface area contributed by atoms with Crippen LogP contribution in [0.25, 0.3) is 5.57 Å². The lowest BCUT2D eigenvalue weighted by Gasteiger charge is -2.35. The molecule has 1 saturated carbocycles. The van der Waals surface area contributed by atoms with Crippen LogP contribution in [0, 0.1) is 0 Å². The number of hydrogen-bond donors (Lipinski definition) is 0. The zero-order valence-electron chi connectivity index (χ0n) is 16.9. The zero-order valence-corrected chi connectivity index (χ0v) is 17.7. The van der Waals surface area contributed by atoms with Gasteiger partial charge in [-0.1, -0.05) is 12.1 Å². The number of hydrogen-bond acceptors (Lipinski definition) is 7. The summed E-state index contributed by atoms with van der Waals surface area (Å²) >= 11 is 0. The van der Waals surface area contributed by atoms with Crippen LogP contribution in [0.1, 0.15) is 45.1 Å². The average Bonchev–Trinajstić information content (AvgIpc) is 3.18. The van der Waals surface area contributed by atoms with Crippen LogP contribution in [0.4, 0.5) is 0 Å². The maximum absolute atomic E-state index is 12.6. The van der Waals surface area contributed by atoms with E-state index in [9.17, 15) is 13.2 Å². The summed E-state index contributed by atoms with van der Waals surface area (Å²) in [4.78, 5) is 12.8. The minimum absolute atomic E-state index is 0.129. The van der Waals surface area contributed by atoms with Gasteiger partial charge in [0.2, 0.25) is 5.76 Å². The fourth-order valence-electron chi connectivity index (χ4n) is 4.26. The second-order valence-corrected chi connectivity index (χ2v) is 10.3. The van der Waals surface area contributed by atoms with Gasteiger partial charge in [0.05, 0.1) is 29.8 Å². The van der Waals surface area contributed by atoms with E-state index in [-0.39, 0.29) is 16.8 Å². The first-order valence-electron chi connectivity index (χ1n) is 9.83. The van der Waals surface area contributed by atoms with Gasteiger partial charge in [0.15, 0.2) is 15.6 Å². The van der Waals surface area contributed by atoms with E-state index in [4.69, 9.17) is 18.9 Å². The third kappa shape index (κ3) is 3.93. The van der Waals surface area contributed by atoms with Crippen molar-refractivity contribution in [3.8, 4) is 0 Å². The predicted molar refractivity (Wildman–Crippen MR) is 105 cm³/mol. The molecule has 29 heavy (non-hydrogen) atoms. The molecule has 0 amide bonds. The molecule has 3 aliphatic rings. The Morgan fingerprint density at radius 1 is 1.03 bits per heavy atom. The summed E-state index contributed by atoms with van der Waals surface area (Å²) in [6.45, 7) is 4.84. The first-order valence-corrected chi connectivity index (χ1v) is 11.7. The van der Waals surface area contributed by atoms with Gasteiger partial charge in [-0.15, -0.1) is 0 Å². The van der Waals surface area contributed by atoms with Crippen LogP contribution in [-0.4, -0.2) is 51.3 Å². The second kappa shape index (κ2) is 7.11. The SMILES string of the molecule is CC1(C)OC(=O)C(OC2CCC3(CC2)OCCO3)=C1c1ccc(S(C)(=O)=O)cc1. The number of cyclic esters (lactones) is 1. The molecular formula is C21H26O7S. The smallest absolute Gasteiger partial charge is 0.374 e. The van der Waals surface area contributed by atoms with E-state index in [1.54, 1.807) is 26.0 Å². The third-order valence-electron chi connectivity index (χ3n) is 5.73. The molecule has 1 aromatic rings. The molecule has 2 heterocycles. The Balaban J connectivity index is 1.59. The fraction of sp³-hybridized carbons (Fsp3) is 0.571. The lowest BCUT2D eigenvalue weighted by molar-refractivity contribution is -0.189. The topological polar surface area (TPSA) is 88.1 Å². The van der Waals surface area contributed by atoms with Gasteiger partial charge in [-0.3, -0.25) is 0 Å². The van der Waals surface area contributed by atoms with E-state index in [2.05, 4.69) is 0 Å². The van der Waals surface area contributed by atoms with Gasteiger partial charge in [-0.05, 0) is 44.4 Å². The molecule has 8 heteroatoms. The number of carbonyl (C=O) groups is 1. The number of esters is 1. The Morgan fingerprint density at radius 3 is 2.17 bits per heavy atom. The molecule has 158 valence electrons. The minimum atomic E-state index is -3.30. The zero-order chi connectivity index (χ0) is 20.9. The lowest BCUT2D eigenvalue weighted by atomic mass is 9.90. The molecule has 1 saturated heterocycles. The van der Waals surface area contributed by atoms with Crippen LogP contribution in [0.5, 0.6) is 0 Å². The number of benzene rings is 1. The highest BCUT2D eigenvalue weighted by molar-refractivity contribution is 7.90. The van der Waals surface area contributed by atoms with E-state index in [1.807, 2.05) is 0 Å². The lowest BCUT2D eigenvalue weighted by Crippen LogP contribution is -2.37. The molecule has 1 aliphatic carbocycles. The number of rotatable bonds is 4. The standard InChI is InChI=1S/C21H26O7S/c1-20(2)17(14-4-6-16(7-5-14)29(3,23)24)18(19(22)28-20)27-15-8-10-21(11-9-15)25-12-13-26-21/h4-7,15H,8-13H2,1-3H3. The van der Waals surface area contributed by atoms with Gasteiger partial charge in [-0.2, -0.15) is 0 Å². The minimum Gasteiger partial charge on any atom is -0.483 e. The number of sulfone groups is 1. The predicted octanol–water partition coefficient (Wildman–Crippen LogP) is 2.84. The molecule has 7 nitrogen and oxygen atoms in total. The van der Waals surface area contributed by atoms with Gasteiger partial charge in [-0.25, -0.2) is 13.2 Å². The van der Waals surface area contributed by atoms with Crippen molar-refractivity contribution < 1.29 is 32.2 Å². The maximum Gasteiger partial charge on any atom is 0.374 e. The van der Waals surface area contributed by atoms with E-state index < -0.39 is 27.2 Å². The summed E-state index contributed by atoms with van der Waals surface area (Å²) in [6, 6.07) is 6.45. The van der Waals surface area contributed by atoms with E-state index >= 15 is 0 Å². The van der Waals surface area contributed by atoms with Crippen molar-refractivity contribution in [2.24, 2.45) is 0 Å². The summed E-state index contributed by atoms with van der Waals surface area (Å²) in [6.07, 6.45) is 3.92. The van der Waals surface area contributed by atoms with Gasteiger partial charge in [0.25, 0.3) is 0 Å². The van der Waals surface area contributed by atoms with Gasteiger partial charge in [0.1, 0.15) is 5.60 Å². The van der Waals surface area contributed by atoms with Crippen LogP contribution in [0.15, 0.2) is 34.9 Å². The highest BCUT2D eigenvalue weighted by Crippen LogP contribution is 2.43. The van der Waals surface area contributed by atoms with Crippen LogP contribution < -0.4 is 0 Å². The van der Waals surface area contributed by atoms with Crippen molar-refractivity contribution in [1.82, 2.24) is 0 Å². The van der Waals surface area contributed by atoms with Crippen molar-refractivity contribution in [2.75, 3.05) is 19.5 Å². The summed E-state index contributed by atoms with van der Waals surface area (Å²) in [5, 5.41) is 0. The molecule has 1 aromatic carbocycles. The van der Waals surface area contributed by atoms with Crippen molar-refractivity contribution in [3.05, 3.63) is 35.6 Å². The second-order valence-electron chi connectivity index (χ2n) is 8.33. The molecular weight excluding hydrogens is 396 g/mol. The number of carbonyl (C=O) groups excluding carboxylic acids is 1. The largest absolute Gasteiger partial charge is 0.483 e. The third-order valence-corrected chi connectivity index (χ3v) is 6.85. The fourth-order valence-corrected chi connectivity index (χ4v) is 4.89. The molecule has 0 bridgehead atoms. The van der Waals surface area contributed by atoms with Crippen LogP contribution >= 0.6 is 0 Å². The Kier molecular flexibility index (Phi) is 4.99. The van der Waals surface area contributed by atoms with Crippen molar-refractivity contribution >= 4 is 21.4 Å². The van der Waals surface area contributed by atoms with Crippen molar-refractivity contribution in [2.45, 2.75) is 61.9 Å². The Hall–Kier alpha value is -1.90. The summed E-state index contributed by atoms with van der Waals surface area (Å²) in [5.41, 5.74) is 0.473. The Morgan fingerprint density at radius 2 is 1.62 bits per heavy atom. The highest BCUT2D eigenvalue weighted by atomic mass is 32.2. The van der Waals surface area contributed by atoms with Crippen LogP contribution in [0.3, 0.4) is 0 Å². The van der Waals surface area contributed by atoms with Crippen LogP contribution in [-0.2, 0) is 33.6 Å². The molecule has 0 radical (unpaired) electrons. The van der Waals surface area contributed by atoms with Gasteiger partial charge >= 0.3 is 5.97 Å². The molecule has 1 spiro atoms. The molecule has 4 rings (SSSR count). The van der Waals surface area contributed by atoms with E-state index in [0.29, 0.717) is 24.4 Å². The molecule has 2 aliphatic heterocycles. The van der Waals surface area contributed by atoms with Gasteiger partial charge in [0, 0.05) is 19.1 Å². The first kappa shape index (κ1) is 20.4. The van der Waals surface area contributed by atoms with E-state index in [1.165, 1.54) is 12.1 Å². The van der Waals surface area contributed by atoms with Gasteiger partial charge < -0.3 is 18.9 Å².